The number of para-hydroxylation sites is 1. The predicted octanol–water partition coefficient (Wildman–Crippen LogP) is 3.88. The predicted molar refractivity (Wildman–Crippen MR) is 79.5 cm³/mol. The van der Waals surface area contributed by atoms with E-state index in [0.29, 0.717) is 12.6 Å². The normalized spacial score (nSPS) is 11.4. The van der Waals surface area contributed by atoms with E-state index in [-0.39, 0.29) is 11.5 Å². The Morgan fingerprint density at radius 3 is 2.63 bits per heavy atom. The Morgan fingerprint density at radius 1 is 1.21 bits per heavy atom. The van der Waals surface area contributed by atoms with Crippen LogP contribution in [-0.2, 0) is 13.1 Å². The quantitative estimate of drug-likeness (QED) is 0.841. The van der Waals surface area contributed by atoms with E-state index in [2.05, 4.69) is 36.3 Å². The SMILES string of the molecule is CC(C)N(Cc1cccs1)Cc1cccc(F)c1N. The first kappa shape index (κ1) is 14.0. The molecule has 2 nitrogen and oxygen atoms in total. The second-order valence-corrected chi connectivity index (χ2v) is 5.92. The molecule has 2 aromatic rings. The monoisotopic (exact) mass is 278 g/mol. The van der Waals surface area contributed by atoms with Gasteiger partial charge in [0.05, 0.1) is 5.69 Å². The van der Waals surface area contributed by atoms with Crippen molar-refractivity contribution in [3.63, 3.8) is 0 Å². The van der Waals surface area contributed by atoms with Crippen LogP contribution in [0, 0.1) is 5.82 Å². The average molecular weight is 278 g/mol. The van der Waals surface area contributed by atoms with Gasteiger partial charge >= 0.3 is 0 Å². The van der Waals surface area contributed by atoms with Crippen LogP contribution in [0.3, 0.4) is 0 Å². The van der Waals surface area contributed by atoms with E-state index in [1.807, 2.05) is 6.07 Å². The van der Waals surface area contributed by atoms with E-state index in [9.17, 15) is 4.39 Å². The molecule has 1 aromatic carbocycles. The first-order valence-electron chi connectivity index (χ1n) is 6.37. The maximum Gasteiger partial charge on any atom is 0.146 e. The minimum Gasteiger partial charge on any atom is -0.396 e. The number of hydrogen-bond donors (Lipinski definition) is 1. The maximum absolute atomic E-state index is 13.5. The van der Waals surface area contributed by atoms with Crippen molar-refractivity contribution in [2.75, 3.05) is 5.73 Å². The van der Waals surface area contributed by atoms with E-state index in [4.69, 9.17) is 5.73 Å². The van der Waals surface area contributed by atoms with E-state index in [1.165, 1.54) is 10.9 Å². The zero-order valence-electron chi connectivity index (χ0n) is 11.3. The van der Waals surface area contributed by atoms with Gasteiger partial charge in [-0.15, -0.1) is 11.3 Å². The first-order chi connectivity index (χ1) is 9.08. The molecule has 19 heavy (non-hydrogen) atoms. The van der Waals surface area contributed by atoms with Gasteiger partial charge in [0.2, 0.25) is 0 Å². The topological polar surface area (TPSA) is 29.3 Å². The summed E-state index contributed by atoms with van der Waals surface area (Å²) in [7, 11) is 0. The van der Waals surface area contributed by atoms with Gasteiger partial charge in [-0.05, 0) is 36.9 Å². The molecule has 1 aromatic heterocycles. The van der Waals surface area contributed by atoms with E-state index >= 15 is 0 Å². The highest BCUT2D eigenvalue weighted by Gasteiger charge is 2.14. The lowest BCUT2D eigenvalue weighted by Crippen LogP contribution is -2.29. The summed E-state index contributed by atoms with van der Waals surface area (Å²) in [6.07, 6.45) is 0. The molecular formula is C15H19FN2S. The summed E-state index contributed by atoms with van der Waals surface area (Å²) in [4.78, 5) is 3.60. The molecule has 0 saturated carbocycles. The van der Waals surface area contributed by atoms with Crippen molar-refractivity contribution < 1.29 is 4.39 Å². The lowest BCUT2D eigenvalue weighted by atomic mass is 10.1. The second kappa shape index (κ2) is 6.17. The Labute approximate surface area is 117 Å². The lowest BCUT2D eigenvalue weighted by molar-refractivity contribution is 0.206. The molecule has 0 aliphatic carbocycles. The summed E-state index contributed by atoms with van der Waals surface area (Å²) in [5.41, 5.74) is 6.92. The van der Waals surface area contributed by atoms with Gasteiger partial charge in [0.25, 0.3) is 0 Å². The Hall–Kier alpha value is -1.39. The number of anilines is 1. The summed E-state index contributed by atoms with van der Waals surface area (Å²) >= 11 is 1.74. The van der Waals surface area contributed by atoms with E-state index in [0.717, 1.165) is 12.1 Å². The summed E-state index contributed by atoms with van der Waals surface area (Å²) in [6.45, 7) is 5.82. The molecule has 0 spiro atoms. The highest BCUT2D eigenvalue weighted by Crippen LogP contribution is 2.21. The molecule has 0 unspecified atom stereocenters. The molecular weight excluding hydrogens is 259 g/mol. The molecule has 0 aliphatic heterocycles. The Kier molecular flexibility index (Phi) is 4.56. The van der Waals surface area contributed by atoms with Crippen molar-refractivity contribution in [1.82, 2.24) is 4.90 Å². The standard InChI is InChI=1S/C15H19FN2S/c1-11(2)18(10-13-6-4-8-19-13)9-12-5-3-7-14(16)15(12)17/h3-8,11H,9-10,17H2,1-2H3. The molecule has 0 bridgehead atoms. The Balaban J connectivity index is 2.14. The smallest absolute Gasteiger partial charge is 0.146 e. The number of thiophene rings is 1. The van der Waals surface area contributed by atoms with E-state index in [1.54, 1.807) is 17.4 Å². The molecule has 102 valence electrons. The van der Waals surface area contributed by atoms with Crippen molar-refractivity contribution in [3.05, 3.63) is 52.0 Å². The van der Waals surface area contributed by atoms with Crippen LogP contribution in [0.4, 0.5) is 10.1 Å². The molecule has 0 radical (unpaired) electrons. The van der Waals surface area contributed by atoms with Gasteiger partial charge in [0.15, 0.2) is 0 Å². The molecule has 0 amide bonds. The summed E-state index contributed by atoms with van der Waals surface area (Å²) in [5, 5.41) is 2.07. The van der Waals surface area contributed by atoms with Crippen molar-refractivity contribution in [3.8, 4) is 0 Å². The van der Waals surface area contributed by atoms with Crippen molar-refractivity contribution >= 4 is 17.0 Å². The van der Waals surface area contributed by atoms with Crippen LogP contribution in [0.2, 0.25) is 0 Å². The summed E-state index contributed by atoms with van der Waals surface area (Å²) in [6, 6.07) is 9.55. The zero-order valence-corrected chi connectivity index (χ0v) is 12.1. The van der Waals surface area contributed by atoms with Crippen LogP contribution >= 0.6 is 11.3 Å². The van der Waals surface area contributed by atoms with Crippen molar-refractivity contribution in [2.24, 2.45) is 0 Å². The van der Waals surface area contributed by atoms with Crippen molar-refractivity contribution in [2.45, 2.75) is 33.0 Å². The van der Waals surface area contributed by atoms with Gasteiger partial charge in [0, 0.05) is 24.0 Å². The number of hydrogen-bond acceptors (Lipinski definition) is 3. The number of nitrogens with zero attached hydrogens (tertiary/aromatic N) is 1. The fourth-order valence-electron chi connectivity index (χ4n) is 1.96. The third-order valence-electron chi connectivity index (χ3n) is 3.19. The van der Waals surface area contributed by atoms with Crippen LogP contribution in [-0.4, -0.2) is 10.9 Å². The average Bonchev–Trinajstić information content (AvgIpc) is 2.86. The minimum absolute atomic E-state index is 0.263. The second-order valence-electron chi connectivity index (χ2n) is 4.89. The van der Waals surface area contributed by atoms with Gasteiger partial charge in [-0.3, -0.25) is 4.90 Å². The maximum atomic E-state index is 13.5. The number of nitrogens with two attached hydrogens (primary N) is 1. The van der Waals surface area contributed by atoms with Gasteiger partial charge in [-0.25, -0.2) is 4.39 Å². The number of benzene rings is 1. The van der Waals surface area contributed by atoms with Gasteiger partial charge in [-0.2, -0.15) is 0 Å². The highest BCUT2D eigenvalue weighted by molar-refractivity contribution is 7.09. The molecule has 4 heteroatoms. The van der Waals surface area contributed by atoms with Crippen molar-refractivity contribution in [1.29, 1.82) is 0 Å². The molecule has 0 saturated heterocycles. The Bertz CT molecular complexity index is 523. The van der Waals surface area contributed by atoms with Gasteiger partial charge in [0.1, 0.15) is 5.82 Å². The number of rotatable bonds is 5. The first-order valence-corrected chi connectivity index (χ1v) is 7.25. The Morgan fingerprint density at radius 2 is 2.00 bits per heavy atom. The summed E-state index contributed by atoms with van der Waals surface area (Å²) in [5.74, 6) is -0.336. The zero-order chi connectivity index (χ0) is 13.8. The van der Waals surface area contributed by atoms with Crippen LogP contribution in [0.1, 0.15) is 24.3 Å². The number of nitrogen functional groups attached to an aromatic ring is 1. The fourth-order valence-corrected chi connectivity index (χ4v) is 2.69. The molecule has 1 heterocycles. The molecule has 0 atom stereocenters. The molecule has 2 rings (SSSR count). The van der Waals surface area contributed by atoms with Gasteiger partial charge in [-0.1, -0.05) is 18.2 Å². The fraction of sp³-hybridized carbons (Fsp3) is 0.333. The third-order valence-corrected chi connectivity index (χ3v) is 4.05. The van der Waals surface area contributed by atoms with Crippen LogP contribution in [0.15, 0.2) is 35.7 Å². The highest BCUT2D eigenvalue weighted by atomic mass is 32.1. The minimum atomic E-state index is -0.336. The largest absolute Gasteiger partial charge is 0.396 e. The molecule has 0 fully saturated rings. The summed E-state index contributed by atoms with van der Waals surface area (Å²) < 4.78 is 13.5. The molecule has 0 aliphatic rings. The third kappa shape index (κ3) is 3.55. The molecule has 2 N–H and O–H groups in total. The lowest BCUT2D eigenvalue weighted by Gasteiger charge is -2.26. The van der Waals surface area contributed by atoms with E-state index < -0.39 is 0 Å². The van der Waals surface area contributed by atoms with Crippen LogP contribution in [0.25, 0.3) is 0 Å². The van der Waals surface area contributed by atoms with Gasteiger partial charge < -0.3 is 5.73 Å². The van der Waals surface area contributed by atoms with Crippen LogP contribution in [0.5, 0.6) is 0 Å². The van der Waals surface area contributed by atoms with Crippen LogP contribution < -0.4 is 5.73 Å². The number of halogens is 1.